The predicted molar refractivity (Wildman–Crippen MR) is 86.2 cm³/mol. The van der Waals surface area contributed by atoms with E-state index in [4.69, 9.17) is 4.74 Å². The molecule has 2 aliphatic rings. The Morgan fingerprint density at radius 1 is 1.36 bits per heavy atom. The SMILES string of the molecule is CCNC(=O)c1ccc(N2CCC(C3CCCO3)CC2)nc1. The fraction of sp³-hybridized carbons (Fsp3) is 0.647. The zero-order valence-corrected chi connectivity index (χ0v) is 13.3. The lowest BCUT2D eigenvalue weighted by molar-refractivity contribution is 0.0531. The Kier molecular flexibility index (Phi) is 4.93. The van der Waals surface area contributed by atoms with Crippen LogP contribution >= 0.6 is 0 Å². The molecule has 0 radical (unpaired) electrons. The molecule has 120 valence electrons. The maximum atomic E-state index is 11.7. The van der Waals surface area contributed by atoms with Crippen LogP contribution in [0.25, 0.3) is 0 Å². The second-order valence-corrected chi connectivity index (χ2v) is 6.14. The maximum Gasteiger partial charge on any atom is 0.252 e. The number of carbonyl (C=O) groups excluding carboxylic acids is 1. The molecular weight excluding hydrogens is 278 g/mol. The van der Waals surface area contributed by atoms with Crippen molar-refractivity contribution < 1.29 is 9.53 Å². The van der Waals surface area contributed by atoms with E-state index in [1.165, 1.54) is 25.7 Å². The molecule has 0 aliphatic carbocycles. The smallest absolute Gasteiger partial charge is 0.252 e. The van der Waals surface area contributed by atoms with E-state index >= 15 is 0 Å². The molecule has 2 saturated heterocycles. The molecule has 1 aromatic heterocycles. The number of amides is 1. The fourth-order valence-electron chi connectivity index (χ4n) is 3.44. The number of pyridine rings is 1. The second-order valence-electron chi connectivity index (χ2n) is 6.14. The summed E-state index contributed by atoms with van der Waals surface area (Å²) >= 11 is 0. The van der Waals surface area contributed by atoms with Crippen LogP contribution in [-0.2, 0) is 4.74 Å². The van der Waals surface area contributed by atoms with Gasteiger partial charge < -0.3 is 15.0 Å². The van der Waals surface area contributed by atoms with Crippen LogP contribution in [0.5, 0.6) is 0 Å². The number of ether oxygens (including phenoxy) is 1. The number of hydrogen-bond donors (Lipinski definition) is 1. The topological polar surface area (TPSA) is 54.5 Å². The Labute approximate surface area is 132 Å². The normalized spacial score (nSPS) is 22.8. The lowest BCUT2D eigenvalue weighted by atomic mass is 9.90. The quantitative estimate of drug-likeness (QED) is 0.927. The molecule has 5 heteroatoms. The number of anilines is 1. The highest BCUT2D eigenvalue weighted by atomic mass is 16.5. The molecule has 0 aromatic carbocycles. The van der Waals surface area contributed by atoms with E-state index in [1.807, 2.05) is 19.1 Å². The molecule has 1 unspecified atom stereocenters. The Morgan fingerprint density at radius 3 is 2.77 bits per heavy atom. The number of rotatable bonds is 4. The van der Waals surface area contributed by atoms with Gasteiger partial charge in [0.25, 0.3) is 5.91 Å². The van der Waals surface area contributed by atoms with Gasteiger partial charge in [-0.1, -0.05) is 0 Å². The molecule has 3 rings (SSSR count). The Bertz CT molecular complexity index is 489. The summed E-state index contributed by atoms with van der Waals surface area (Å²) < 4.78 is 5.82. The number of nitrogens with zero attached hydrogens (tertiary/aromatic N) is 2. The van der Waals surface area contributed by atoms with E-state index in [0.29, 0.717) is 24.1 Å². The second kappa shape index (κ2) is 7.09. The van der Waals surface area contributed by atoms with Crippen LogP contribution in [0.1, 0.15) is 43.0 Å². The van der Waals surface area contributed by atoms with Crippen LogP contribution in [0.2, 0.25) is 0 Å². The minimum absolute atomic E-state index is 0.0568. The van der Waals surface area contributed by atoms with Gasteiger partial charge in [-0.2, -0.15) is 0 Å². The Hall–Kier alpha value is -1.62. The van der Waals surface area contributed by atoms with Crippen molar-refractivity contribution in [2.75, 3.05) is 31.1 Å². The van der Waals surface area contributed by atoms with Gasteiger partial charge in [-0.3, -0.25) is 4.79 Å². The van der Waals surface area contributed by atoms with Gasteiger partial charge in [0, 0.05) is 32.4 Å². The Morgan fingerprint density at radius 2 is 2.18 bits per heavy atom. The third kappa shape index (κ3) is 3.40. The van der Waals surface area contributed by atoms with Crippen LogP contribution in [0.15, 0.2) is 18.3 Å². The van der Waals surface area contributed by atoms with Crippen LogP contribution in [-0.4, -0.2) is 43.2 Å². The molecule has 1 aromatic rings. The van der Waals surface area contributed by atoms with Crippen molar-refractivity contribution in [3.8, 4) is 0 Å². The first kappa shape index (κ1) is 15.3. The summed E-state index contributed by atoms with van der Waals surface area (Å²) in [5.41, 5.74) is 0.625. The lowest BCUT2D eigenvalue weighted by Crippen LogP contribution is -2.38. The summed E-state index contributed by atoms with van der Waals surface area (Å²) in [7, 11) is 0. The molecular formula is C17H25N3O2. The summed E-state index contributed by atoms with van der Waals surface area (Å²) in [4.78, 5) is 18.5. The molecule has 1 N–H and O–H groups in total. The molecule has 5 nitrogen and oxygen atoms in total. The summed E-state index contributed by atoms with van der Waals surface area (Å²) in [6, 6.07) is 3.82. The van der Waals surface area contributed by atoms with Crippen molar-refractivity contribution >= 4 is 11.7 Å². The van der Waals surface area contributed by atoms with Crippen LogP contribution in [0.4, 0.5) is 5.82 Å². The molecule has 1 atom stereocenters. The van der Waals surface area contributed by atoms with Gasteiger partial charge in [-0.05, 0) is 50.7 Å². The van der Waals surface area contributed by atoms with Gasteiger partial charge in [0.05, 0.1) is 11.7 Å². The zero-order valence-electron chi connectivity index (χ0n) is 13.3. The third-order valence-electron chi connectivity index (χ3n) is 4.70. The van der Waals surface area contributed by atoms with Gasteiger partial charge in [-0.15, -0.1) is 0 Å². The summed E-state index contributed by atoms with van der Waals surface area (Å²) in [5, 5.41) is 2.79. The molecule has 0 bridgehead atoms. The monoisotopic (exact) mass is 303 g/mol. The van der Waals surface area contributed by atoms with Crippen LogP contribution in [0, 0.1) is 5.92 Å². The summed E-state index contributed by atoms with van der Waals surface area (Å²) in [6.07, 6.45) is 6.94. The molecule has 2 fully saturated rings. The van der Waals surface area contributed by atoms with E-state index in [9.17, 15) is 4.79 Å². The van der Waals surface area contributed by atoms with Crippen LogP contribution in [0.3, 0.4) is 0 Å². The highest BCUT2D eigenvalue weighted by molar-refractivity contribution is 5.93. The van der Waals surface area contributed by atoms with E-state index in [0.717, 1.165) is 25.5 Å². The lowest BCUT2D eigenvalue weighted by Gasteiger charge is -2.35. The molecule has 2 aliphatic heterocycles. The number of carbonyl (C=O) groups is 1. The number of nitrogens with one attached hydrogen (secondary N) is 1. The van der Waals surface area contributed by atoms with E-state index in [2.05, 4.69) is 15.2 Å². The molecule has 0 saturated carbocycles. The van der Waals surface area contributed by atoms with Crippen LogP contribution < -0.4 is 10.2 Å². The molecule has 22 heavy (non-hydrogen) atoms. The van der Waals surface area contributed by atoms with E-state index in [1.54, 1.807) is 6.20 Å². The first-order valence-electron chi connectivity index (χ1n) is 8.38. The number of hydrogen-bond acceptors (Lipinski definition) is 4. The standard InChI is InChI=1S/C17H25N3O2/c1-2-18-17(21)14-5-6-16(19-12-14)20-9-7-13(8-10-20)15-4-3-11-22-15/h5-6,12-13,15H,2-4,7-11H2,1H3,(H,18,21). The largest absolute Gasteiger partial charge is 0.378 e. The molecule has 1 amide bonds. The van der Waals surface area contributed by atoms with Crippen molar-refractivity contribution in [3.63, 3.8) is 0 Å². The maximum absolute atomic E-state index is 11.7. The van der Waals surface area contributed by atoms with Gasteiger partial charge >= 0.3 is 0 Å². The average Bonchev–Trinajstić information content (AvgIpc) is 3.10. The van der Waals surface area contributed by atoms with Crippen molar-refractivity contribution in [2.24, 2.45) is 5.92 Å². The summed E-state index contributed by atoms with van der Waals surface area (Å²) in [5.74, 6) is 1.62. The highest BCUT2D eigenvalue weighted by Crippen LogP contribution is 2.30. The predicted octanol–water partition coefficient (Wildman–Crippen LogP) is 2.23. The number of piperidine rings is 1. The molecule has 3 heterocycles. The minimum Gasteiger partial charge on any atom is -0.378 e. The van der Waals surface area contributed by atoms with Crippen molar-refractivity contribution in [1.82, 2.24) is 10.3 Å². The zero-order chi connectivity index (χ0) is 15.4. The van der Waals surface area contributed by atoms with Gasteiger partial charge in [0.2, 0.25) is 0 Å². The average molecular weight is 303 g/mol. The first-order valence-corrected chi connectivity index (χ1v) is 8.38. The minimum atomic E-state index is -0.0568. The first-order chi connectivity index (χ1) is 10.8. The summed E-state index contributed by atoms with van der Waals surface area (Å²) in [6.45, 7) is 5.54. The Balaban J connectivity index is 1.55. The van der Waals surface area contributed by atoms with Crippen molar-refractivity contribution in [2.45, 2.75) is 38.7 Å². The number of aromatic nitrogens is 1. The van der Waals surface area contributed by atoms with Gasteiger partial charge in [-0.25, -0.2) is 4.98 Å². The molecule has 0 spiro atoms. The third-order valence-corrected chi connectivity index (χ3v) is 4.70. The highest BCUT2D eigenvalue weighted by Gasteiger charge is 2.29. The van der Waals surface area contributed by atoms with Crippen molar-refractivity contribution in [1.29, 1.82) is 0 Å². The van der Waals surface area contributed by atoms with Gasteiger partial charge in [0.1, 0.15) is 5.82 Å². The fourth-order valence-corrected chi connectivity index (χ4v) is 3.44. The van der Waals surface area contributed by atoms with Crippen molar-refractivity contribution in [3.05, 3.63) is 23.9 Å². The van der Waals surface area contributed by atoms with E-state index < -0.39 is 0 Å². The van der Waals surface area contributed by atoms with Gasteiger partial charge in [0.15, 0.2) is 0 Å². The van der Waals surface area contributed by atoms with E-state index in [-0.39, 0.29) is 5.91 Å².